The van der Waals surface area contributed by atoms with Gasteiger partial charge in [0, 0.05) is 24.6 Å². The number of amides is 2. The molecule has 2 amide bonds. The van der Waals surface area contributed by atoms with Crippen LogP contribution < -0.4 is 15.4 Å². The summed E-state index contributed by atoms with van der Waals surface area (Å²) in [6.45, 7) is 0.0912. The van der Waals surface area contributed by atoms with Gasteiger partial charge in [0.25, 0.3) is 11.8 Å². The molecule has 0 spiro atoms. The average molecular weight is 434 g/mol. The molecule has 8 nitrogen and oxygen atoms in total. The molecule has 9 heteroatoms. The third-order valence-corrected chi connectivity index (χ3v) is 4.40. The summed E-state index contributed by atoms with van der Waals surface area (Å²) >= 11 is 0. The minimum atomic E-state index is -0.453. The number of rotatable bonds is 7. The van der Waals surface area contributed by atoms with Crippen molar-refractivity contribution in [3.8, 4) is 5.75 Å². The lowest BCUT2D eigenvalue weighted by atomic mass is 10.2. The van der Waals surface area contributed by atoms with Crippen LogP contribution in [0.2, 0.25) is 0 Å². The largest absolute Gasteiger partial charge is 0.486 e. The quantitative estimate of drug-likeness (QED) is 0.453. The van der Waals surface area contributed by atoms with E-state index in [4.69, 9.17) is 9.15 Å². The van der Waals surface area contributed by atoms with E-state index in [0.717, 1.165) is 0 Å². The van der Waals surface area contributed by atoms with E-state index in [1.807, 2.05) is 0 Å². The van der Waals surface area contributed by atoms with Crippen molar-refractivity contribution in [1.82, 2.24) is 9.78 Å². The summed E-state index contributed by atoms with van der Waals surface area (Å²) in [5.74, 6) is -0.133. The number of hydrogen-bond acceptors (Lipinski definition) is 5. The van der Waals surface area contributed by atoms with Crippen molar-refractivity contribution in [2.75, 3.05) is 10.6 Å². The zero-order valence-corrected chi connectivity index (χ0v) is 17.0. The Hall–Kier alpha value is -4.40. The number of ether oxygens (including phenoxy) is 1. The van der Waals surface area contributed by atoms with E-state index in [2.05, 4.69) is 15.7 Å². The second-order valence-electron chi connectivity index (χ2n) is 6.87. The highest BCUT2D eigenvalue weighted by Gasteiger charge is 2.13. The Morgan fingerprint density at radius 3 is 2.41 bits per heavy atom. The predicted octanol–water partition coefficient (Wildman–Crippen LogP) is 4.24. The number of aryl methyl sites for hydroxylation is 1. The van der Waals surface area contributed by atoms with Crippen LogP contribution in [0.4, 0.5) is 15.8 Å². The molecule has 2 aromatic carbocycles. The van der Waals surface area contributed by atoms with Crippen molar-refractivity contribution in [2.24, 2.45) is 7.05 Å². The lowest BCUT2D eigenvalue weighted by Gasteiger charge is -2.07. The van der Waals surface area contributed by atoms with Crippen LogP contribution in [-0.2, 0) is 13.7 Å². The van der Waals surface area contributed by atoms with Gasteiger partial charge in [-0.1, -0.05) is 6.07 Å². The molecule has 4 rings (SSSR count). The molecular formula is C23H19FN4O4. The highest BCUT2D eigenvalue weighted by Crippen LogP contribution is 2.19. The fourth-order valence-corrected chi connectivity index (χ4v) is 2.86. The summed E-state index contributed by atoms with van der Waals surface area (Å²) in [4.78, 5) is 24.8. The second-order valence-corrected chi connectivity index (χ2v) is 6.87. The minimum Gasteiger partial charge on any atom is -0.486 e. The number of carbonyl (C=O) groups is 2. The number of aromatic nitrogens is 2. The molecule has 0 saturated carbocycles. The van der Waals surface area contributed by atoms with E-state index in [9.17, 15) is 14.0 Å². The van der Waals surface area contributed by atoms with Crippen molar-refractivity contribution in [1.29, 1.82) is 0 Å². The van der Waals surface area contributed by atoms with Crippen LogP contribution in [0.1, 0.15) is 26.8 Å². The van der Waals surface area contributed by atoms with Crippen LogP contribution in [0.5, 0.6) is 5.75 Å². The van der Waals surface area contributed by atoms with Crippen LogP contribution >= 0.6 is 0 Å². The van der Waals surface area contributed by atoms with Crippen LogP contribution in [0.15, 0.2) is 77.3 Å². The Morgan fingerprint density at radius 1 is 1.00 bits per heavy atom. The zero-order chi connectivity index (χ0) is 22.5. The van der Waals surface area contributed by atoms with Crippen molar-refractivity contribution in [3.63, 3.8) is 0 Å². The first-order valence-corrected chi connectivity index (χ1v) is 9.66. The van der Waals surface area contributed by atoms with Gasteiger partial charge in [-0.15, -0.1) is 0 Å². The van der Waals surface area contributed by atoms with Gasteiger partial charge in [-0.05, 0) is 60.7 Å². The lowest BCUT2D eigenvalue weighted by molar-refractivity contribution is 0.0991. The van der Waals surface area contributed by atoms with E-state index in [-0.39, 0.29) is 29.8 Å². The maximum absolute atomic E-state index is 12.9. The number of nitrogens with one attached hydrogen (secondary N) is 2. The zero-order valence-electron chi connectivity index (χ0n) is 17.0. The Balaban J connectivity index is 1.35. The lowest BCUT2D eigenvalue weighted by Crippen LogP contribution is -2.14. The summed E-state index contributed by atoms with van der Waals surface area (Å²) in [5, 5.41) is 9.51. The third-order valence-electron chi connectivity index (χ3n) is 4.40. The normalized spacial score (nSPS) is 10.6. The van der Waals surface area contributed by atoms with Gasteiger partial charge in [0.15, 0.2) is 11.5 Å². The van der Waals surface area contributed by atoms with Gasteiger partial charge in [0.1, 0.15) is 23.9 Å². The molecule has 0 aliphatic heterocycles. The molecule has 0 unspecified atom stereocenters. The Morgan fingerprint density at radius 2 is 1.72 bits per heavy atom. The van der Waals surface area contributed by atoms with Crippen LogP contribution in [0, 0.1) is 5.82 Å². The fraction of sp³-hybridized carbons (Fsp3) is 0.0870. The maximum Gasteiger partial charge on any atom is 0.291 e. The smallest absolute Gasteiger partial charge is 0.291 e. The fourth-order valence-electron chi connectivity index (χ4n) is 2.86. The molecular weight excluding hydrogens is 415 g/mol. The Bertz CT molecular complexity index is 1250. The number of anilines is 2. The first-order valence-electron chi connectivity index (χ1n) is 9.66. The SMILES string of the molecule is Cn1ccc(C(=O)Nc2cccc(NC(=O)c3ccc(COc4ccc(F)cc4)o3)c2)n1. The number of furan rings is 1. The third kappa shape index (κ3) is 5.20. The van der Waals surface area contributed by atoms with Crippen molar-refractivity contribution in [2.45, 2.75) is 6.61 Å². The number of nitrogens with zero attached hydrogens (tertiary/aromatic N) is 2. The summed E-state index contributed by atoms with van der Waals surface area (Å²) in [7, 11) is 1.72. The molecule has 0 atom stereocenters. The molecule has 2 aromatic heterocycles. The van der Waals surface area contributed by atoms with E-state index < -0.39 is 5.91 Å². The van der Waals surface area contributed by atoms with Crippen LogP contribution in [-0.4, -0.2) is 21.6 Å². The van der Waals surface area contributed by atoms with Gasteiger partial charge in [-0.25, -0.2) is 4.39 Å². The first kappa shape index (κ1) is 20.9. The van der Waals surface area contributed by atoms with Gasteiger partial charge in [0.2, 0.25) is 0 Å². The second kappa shape index (κ2) is 9.17. The number of hydrogen-bond donors (Lipinski definition) is 2. The minimum absolute atomic E-state index is 0.0912. The summed E-state index contributed by atoms with van der Waals surface area (Å²) in [6.07, 6.45) is 1.67. The average Bonchev–Trinajstić information content (AvgIpc) is 3.43. The van der Waals surface area contributed by atoms with Gasteiger partial charge in [-0.2, -0.15) is 5.10 Å². The first-order chi connectivity index (χ1) is 15.5. The molecule has 2 heterocycles. The Kier molecular flexibility index (Phi) is 5.98. The number of benzene rings is 2. The van der Waals surface area contributed by atoms with E-state index in [1.54, 1.807) is 49.6 Å². The van der Waals surface area contributed by atoms with Gasteiger partial charge >= 0.3 is 0 Å². The molecule has 162 valence electrons. The number of halogens is 1. The van der Waals surface area contributed by atoms with Gasteiger partial charge in [0.05, 0.1) is 0 Å². The molecule has 4 aromatic rings. The highest BCUT2D eigenvalue weighted by molar-refractivity contribution is 6.04. The molecule has 0 bridgehead atoms. The van der Waals surface area contributed by atoms with Crippen LogP contribution in [0.25, 0.3) is 0 Å². The van der Waals surface area contributed by atoms with Crippen molar-refractivity contribution in [3.05, 3.63) is 96.0 Å². The molecule has 0 radical (unpaired) electrons. The molecule has 32 heavy (non-hydrogen) atoms. The van der Waals surface area contributed by atoms with Crippen molar-refractivity contribution < 1.29 is 23.1 Å². The van der Waals surface area contributed by atoms with Crippen LogP contribution in [0.3, 0.4) is 0 Å². The van der Waals surface area contributed by atoms with Gasteiger partial charge in [-0.3, -0.25) is 14.3 Å². The monoisotopic (exact) mass is 434 g/mol. The van der Waals surface area contributed by atoms with E-state index in [1.165, 1.54) is 35.0 Å². The molecule has 0 saturated heterocycles. The molecule has 2 N–H and O–H groups in total. The topological polar surface area (TPSA) is 98.4 Å². The van der Waals surface area contributed by atoms with E-state index >= 15 is 0 Å². The van der Waals surface area contributed by atoms with Crippen molar-refractivity contribution >= 4 is 23.2 Å². The number of carbonyl (C=O) groups excluding carboxylic acids is 2. The van der Waals surface area contributed by atoms with E-state index in [0.29, 0.717) is 22.9 Å². The molecule has 0 aliphatic carbocycles. The summed E-state index contributed by atoms with van der Waals surface area (Å²) in [5.41, 5.74) is 1.27. The summed E-state index contributed by atoms with van der Waals surface area (Å²) in [6, 6.07) is 17.1. The predicted molar refractivity (Wildman–Crippen MR) is 115 cm³/mol. The maximum atomic E-state index is 12.9. The van der Waals surface area contributed by atoms with Gasteiger partial charge < -0.3 is 19.8 Å². The molecule has 0 aliphatic rings. The molecule has 0 fully saturated rings. The Labute approximate surface area is 182 Å². The highest BCUT2D eigenvalue weighted by atomic mass is 19.1. The standard InChI is InChI=1S/C23H19FN4O4/c1-28-12-11-20(27-28)22(29)25-16-3-2-4-17(13-16)26-23(30)21-10-9-19(32-21)14-31-18-7-5-15(24)6-8-18/h2-13H,14H2,1H3,(H,25,29)(H,26,30). The summed E-state index contributed by atoms with van der Waals surface area (Å²) < 4.78 is 25.5.